The molecule has 1 unspecified atom stereocenters. The lowest BCUT2D eigenvalue weighted by Crippen LogP contribution is -2.29. The van der Waals surface area contributed by atoms with Gasteiger partial charge in [0.15, 0.2) is 0 Å². The van der Waals surface area contributed by atoms with E-state index in [0.717, 1.165) is 27.7 Å². The number of nitrogens with one attached hydrogen (secondary N) is 1. The molecule has 0 radical (unpaired) electrons. The summed E-state index contributed by atoms with van der Waals surface area (Å²) in [7, 11) is 0. The fourth-order valence-corrected chi connectivity index (χ4v) is 2.56. The second kappa shape index (κ2) is 5.60. The molecule has 21 heavy (non-hydrogen) atoms. The zero-order chi connectivity index (χ0) is 14.8. The van der Waals surface area contributed by atoms with E-state index < -0.39 is 0 Å². The van der Waals surface area contributed by atoms with Gasteiger partial charge in [0.25, 0.3) is 0 Å². The van der Waals surface area contributed by atoms with Crippen molar-refractivity contribution >= 4 is 10.9 Å². The first-order valence-corrected chi connectivity index (χ1v) is 6.77. The number of pyridine rings is 1. The van der Waals surface area contributed by atoms with E-state index in [1.165, 1.54) is 12.1 Å². The van der Waals surface area contributed by atoms with Crippen molar-refractivity contribution < 1.29 is 4.39 Å². The molecule has 3 nitrogen and oxygen atoms in total. The summed E-state index contributed by atoms with van der Waals surface area (Å²) in [6.07, 6.45) is 0. The maximum atomic E-state index is 13.4. The fourth-order valence-electron chi connectivity index (χ4n) is 2.56. The van der Waals surface area contributed by atoms with Crippen molar-refractivity contribution in [3.8, 4) is 0 Å². The molecular formula is C17H16FN3. The van der Waals surface area contributed by atoms with Gasteiger partial charge in [-0.15, -0.1) is 0 Å². The summed E-state index contributed by atoms with van der Waals surface area (Å²) >= 11 is 0. The number of hydrazine groups is 1. The molecule has 1 heterocycles. The van der Waals surface area contributed by atoms with E-state index in [2.05, 4.69) is 10.4 Å². The molecule has 0 saturated carbocycles. The second-order valence-corrected chi connectivity index (χ2v) is 5.04. The van der Waals surface area contributed by atoms with Crippen LogP contribution >= 0.6 is 0 Å². The number of nitrogens with two attached hydrogens (primary N) is 1. The number of hydrogen-bond acceptors (Lipinski definition) is 3. The van der Waals surface area contributed by atoms with Crippen LogP contribution in [0.25, 0.3) is 10.9 Å². The predicted molar refractivity (Wildman–Crippen MR) is 82.0 cm³/mol. The summed E-state index contributed by atoms with van der Waals surface area (Å²) in [5.74, 6) is 5.38. The molecule has 0 fully saturated rings. The van der Waals surface area contributed by atoms with Gasteiger partial charge in [-0.3, -0.25) is 10.8 Å². The maximum absolute atomic E-state index is 13.4. The third-order valence-electron chi connectivity index (χ3n) is 3.59. The van der Waals surface area contributed by atoms with Gasteiger partial charge in [0, 0.05) is 5.39 Å². The molecule has 3 rings (SSSR count). The Hall–Kier alpha value is -2.30. The van der Waals surface area contributed by atoms with Crippen molar-refractivity contribution in [3.05, 3.63) is 77.2 Å². The van der Waals surface area contributed by atoms with Gasteiger partial charge >= 0.3 is 0 Å². The highest BCUT2D eigenvalue weighted by Crippen LogP contribution is 2.25. The Morgan fingerprint density at radius 3 is 2.67 bits per heavy atom. The lowest BCUT2D eigenvalue weighted by molar-refractivity contribution is 0.599. The highest BCUT2D eigenvalue weighted by Gasteiger charge is 2.16. The Labute approximate surface area is 122 Å². The molecule has 0 aliphatic heterocycles. The smallest absolute Gasteiger partial charge is 0.123 e. The minimum atomic E-state index is -0.344. The number of halogens is 1. The van der Waals surface area contributed by atoms with Crippen LogP contribution in [0.15, 0.2) is 54.6 Å². The molecule has 0 amide bonds. The molecular weight excluding hydrogens is 265 g/mol. The molecule has 1 atom stereocenters. The van der Waals surface area contributed by atoms with Crippen LogP contribution in [0.3, 0.4) is 0 Å². The van der Waals surface area contributed by atoms with Crippen LogP contribution < -0.4 is 11.3 Å². The largest absolute Gasteiger partial charge is 0.271 e. The van der Waals surface area contributed by atoms with Crippen LogP contribution in [0.5, 0.6) is 0 Å². The van der Waals surface area contributed by atoms with Crippen molar-refractivity contribution in [2.24, 2.45) is 5.84 Å². The van der Waals surface area contributed by atoms with E-state index in [1.807, 2.05) is 43.3 Å². The van der Waals surface area contributed by atoms with Crippen LogP contribution in [0.1, 0.15) is 22.9 Å². The lowest BCUT2D eigenvalue weighted by Gasteiger charge is -2.17. The molecule has 4 heteroatoms. The van der Waals surface area contributed by atoms with E-state index in [9.17, 15) is 4.39 Å². The minimum absolute atomic E-state index is 0.287. The maximum Gasteiger partial charge on any atom is 0.123 e. The van der Waals surface area contributed by atoms with E-state index in [1.54, 1.807) is 6.07 Å². The van der Waals surface area contributed by atoms with E-state index in [-0.39, 0.29) is 11.9 Å². The number of para-hydroxylation sites is 1. The molecule has 106 valence electrons. The van der Waals surface area contributed by atoms with Crippen molar-refractivity contribution in [1.29, 1.82) is 0 Å². The first-order valence-electron chi connectivity index (χ1n) is 6.77. The highest BCUT2D eigenvalue weighted by atomic mass is 19.1. The number of fused-ring (bicyclic) bond motifs is 1. The van der Waals surface area contributed by atoms with Crippen LogP contribution in [-0.2, 0) is 0 Å². The Morgan fingerprint density at radius 2 is 1.90 bits per heavy atom. The first-order chi connectivity index (χ1) is 10.2. The van der Waals surface area contributed by atoms with Crippen LogP contribution in [-0.4, -0.2) is 4.98 Å². The number of benzene rings is 2. The monoisotopic (exact) mass is 281 g/mol. The molecule has 2 aromatic carbocycles. The SMILES string of the molecule is Cc1cc(C(NN)c2cccc(F)c2)nc2ccccc12. The number of hydrogen-bond donors (Lipinski definition) is 2. The van der Waals surface area contributed by atoms with Crippen molar-refractivity contribution in [1.82, 2.24) is 10.4 Å². The molecule has 0 spiro atoms. The summed E-state index contributed by atoms with van der Waals surface area (Å²) < 4.78 is 13.4. The van der Waals surface area contributed by atoms with Gasteiger partial charge < -0.3 is 0 Å². The average molecular weight is 281 g/mol. The van der Waals surface area contributed by atoms with Gasteiger partial charge in [-0.25, -0.2) is 9.82 Å². The van der Waals surface area contributed by atoms with E-state index >= 15 is 0 Å². The van der Waals surface area contributed by atoms with Gasteiger partial charge in [0.2, 0.25) is 0 Å². The Kier molecular flexibility index (Phi) is 3.64. The Morgan fingerprint density at radius 1 is 1.10 bits per heavy atom. The van der Waals surface area contributed by atoms with Gasteiger partial charge in [-0.05, 0) is 42.3 Å². The quantitative estimate of drug-likeness (QED) is 0.572. The van der Waals surface area contributed by atoms with Gasteiger partial charge in [-0.1, -0.05) is 30.3 Å². The molecule has 1 aromatic heterocycles. The summed E-state index contributed by atoms with van der Waals surface area (Å²) in [6, 6.07) is 16.0. The number of nitrogens with zero attached hydrogens (tertiary/aromatic N) is 1. The Balaban J connectivity index is 2.13. The number of rotatable bonds is 3. The minimum Gasteiger partial charge on any atom is -0.271 e. The van der Waals surface area contributed by atoms with Gasteiger partial charge in [-0.2, -0.15) is 0 Å². The zero-order valence-electron chi connectivity index (χ0n) is 11.7. The highest BCUT2D eigenvalue weighted by molar-refractivity contribution is 5.82. The third kappa shape index (κ3) is 2.63. The standard InChI is InChI=1S/C17H16FN3/c1-11-9-16(20-15-8-3-2-7-14(11)15)17(21-19)12-5-4-6-13(18)10-12/h2-10,17,21H,19H2,1H3. The molecule has 3 aromatic rings. The number of aryl methyl sites for hydroxylation is 1. The van der Waals surface area contributed by atoms with Gasteiger partial charge in [0.05, 0.1) is 17.3 Å². The van der Waals surface area contributed by atoms with Crippen molar-refractivity contribution in [2.75, 3.05) is 0 Å². The van der Waals surface area contributed by atoms with Crippen molar-refractivity contribution in [3.63, 3.8) is 0 Å². The summed E-state index contributed by atoms with van der Waals surface area (Å²) in [5.41, 5.74) is 6.28. The summed E-state index contributed by atoms with van der Waals surface area (Å²) in [6.45, 7) is 2.03. The average Bonchev–Trinajstić information content (AvgIpc) is 2.48. The van der Waals surface area contributed by atoms with Crippen LogP contribution in [0.2, 0.25) is 0 Å². The van der Waals surface area contributed by atoms with E-state index in [0.29, 0.717) is 0 Å². The summed E-state index contributed by atoms with van der Waals surface area (Å²) in [4.78, 5) is 4.65. The zero-order valence-corrected chi connectivity index (χ0v) is 11.7. The summed E-state index contributed by atoms with van der Waals surface area (Å²) in [5, 5.41) is 1.11. The van der Waals surface area contributed by atoms with E-state index in [4.69, 9.17) is 5.84 Å². The molecule has 0 saturated heterocycles. The normalized spacial score (nSPS) is 12.5. The topological polar surface area (TPSA) is 50.9 Å². The Bertz CT molecular complexity index is 786. The van der Waals surface area contributed by atoms with Crippen molar-refractivity contribution in [2.45, 2.75) is 13.0 Å². The first kappa shape index (κ1) is 13.7. The molecule has 0 bridgehead atoms. The molecule has 3 N–H and O–H groups in total. The third-order valence-corrected chi connectivity index (χ3v) is 3.59. The second-order valence-electron chi connectivity index (χ2n) is 5.04. The lowest BCUT2D eigenvalue weighted by atomic mass is 10.0. The number of aromatic nitrogens is 1. The van der Waals surface area contributed by atoms with Gasteiger partial charge in [0.1, 0.15) is 5.82 Å². The fraction of sp³-hybridized carbons (Fsp3) is 0.118. The van der Waals surface area contributed by atoms with Crippen LogP contribution in [0.4, 0.5) is 4.39 Å². The van der Waals surface area contributed by atoms with Crippen LogP contribution in [0, 0.1) is 12.7 Å². The molecule has 0 aliphatic rings. The predicted octanol–water partition coefficient (Wildman–Crippen LogP) is 3.24. The molecule has 0 aliphatic carbocycles.